The number of halogens is 1. The summed E-state index contributed by atoms with van der Waals surface area (Å²) in [6.07, 6.45) is 1.68. The fraction of sp³-hybridized carbons (Fsp3) is 0.0833. The van der Waals surface area contributed by atoms with E-state index in [0.29, 0.717) is 28.6 Å². The zero-order valence-electron chi connectivity index (χ0n) is 16.3. The molecular weight excluding hydrogens is 400 g/mol. The molecule has 0 bridgehead atoms. The van der Waals surface area contributed by atoms with E-state index in [4.69, 9.17) is 16.3 Å². The van der Waals surface area contributed by atoms with Gasteiger partial charge in [-0.1, -0.05) is 48.0 Å². The zero-order valence-corrected chi connectivity index (χ0v) is 17.0. The van der Waals surface area contributed by atoms with Crippen molar-refractivity contribution in [2.75, 3.05) is 11.9 Å². The molecule has 5 nitrogen and oxygen atoms in total. The van der Waals surface area contributed by atoms with E-state index in [1.807, 2.05) is 36.4 Å². The van der Waals surface area contributed by atoms with Gasteiger partial charge in [-0.15, -0.1) is 0 Å². The van der Waals surface area contributed by atoms with Crippen molar-refractivity contribution in [3.8, 4) is 5.75 Å². The lowest BCUT2D eigenvalue weighted by Crippen LogP contribution is -2.36. The summed E-state index contributed by atoms with van der Waals surface area (Å²) in [7, 11) is 1.58. The number of ether oxygens (including phenoxy) is 1. The van der Waals surface area contributed by atoms with Crippen LogP contribution in [0.4, 0.5) is 5.69 Å². The first-order chi connectivity index (χ1) is 14.5. The number of para-hydroxylation sites is 2. The van der Waals surface area contributed by atoms with Gasteiger partial charge in [-0.25, -0.2) is 0 Å². The molecule has 1 heterocycles. The minimum absolute atomic E-state index is 0.165. The first kappa shape index (κ1) is 19.7. The first-order valence-corrected chi connectivity index (χ1v) is 9.80. The third-order valence-electron chi connectivity index (χ3n) is 4.78. The minimum Gasteiger partial charge on any atom is -0.449 e. The molecule has 150 valence electrons. The van der Waals surface area contributed by atoms with Gasteiger partial charge >= 0.3 is 0 Å². The molecule has 3 aromatic carbocycles. The van der Waals surface area contributed by atoms with Gasteiger partial charge in [0, 0.05) is 17.6 Å². The van der Waals surface area contributed by atoms with E-state index in [1.54, 1.807) is 54.4 Å². The van der Waals surface area contributed by atoms with Crippen molar-refractivity contribution in [2.24, 2.45) is 0 Å². The summed E-state index contributed by atoms with van der Waals surface area (Å²) < 4.78 is 5.90. The van der Waals surface area contributed by atoms with Gasteiger partial charge < -0.3 is 10.1 Å². The van der Waals surface area contributed by atoms with Crippen LogP contribution >= 0.6 is 11.6 Å². The fourth-order valence-electron chi connectivity index (χ4n) is 3.22. The molecule has 0 atom stereocenters. The normalized spacial score (nSPS) is 14.3. The molecule has 0 saturated carbocycles. The van der Waals surface area contributed by atoms with Crippen molar-refractivity contribution in [3.63, 3.8) is 0 Å². The molecule has 3 aromatic rings. The van der Waals surface area contributed by atoms with Crippen molar-refractivity contribution in [3.05, 3.63) is 100 Å². The number of hydrogen-bond acceptors (Lipinski definition) is 3. The Morgan fingerprint density at radius 2 is 1.73 bits per heavy atom. The van der Waals surface area contributed by atoms with Crippen LogP contribution in [0.25, 0.3) is 6.08 Å². The molecule has 0 radical (unpaired) electrons. The third kappa shape index (κ3) is 4.07. The highest BCUT2D eigenvalue weighted by atomic mass is 35.5. The molecule has 1 aliphatic rings. The molecule has 30 heavy (non-hydrogen) atoms. The predicted octanol–water partition coefficient (Wildman–Crippen LogP) is 4.67. The summed E-state index contributed by atoms with van der Waals surface area (Å²) in [5.74, 6) is 0.427. The van der Waals surface area contributed by atoms with Gasteiger partial charge in [-0.05, 0) is 53.6 Å². The van der Waals surface area contributed by atoms with Crippen molar-refractivity contribution < 1.29 is 14.3 Å². The Labute approximate surface area is 179 Å². The lowest BCUT2D eigenvalue weighted by Gasteiger charge is -2.30. The second-order valence-corrected chi connectivity index (χ2v) is 7.23. The average Bonchev–Trinajstić information content (AvgIpc) is 2.78. The Morgan fingerprint density at radius 1 is 1.03 bits per heavy atom. The van der Waals surface area contributed by atoms with Gasteiger partial charge in [0.1, 0.15) is 0 Å². The van der Waals surface area contributed by atoms with Gasteiger partial charge in [0.2, 0.25) is 0 Å². The van der Waals surface area contributed by atoms with Gasteiger partial charge in [0.15, 0.2) is 11.5 Å². The Hall–Kier alpha value is -3.57. The largest absolute Gasteiger partial charge is 0.449 e. The van der Waals surface area contributed by atoms with Crippen LogP contribution < -0.4 is 15.0 Å². The maximum Gasteiger partial charge on any atom is 0.294 e. The zero-order chi connectivity index (χ0) is 21.1. The molecule has 1 N–H and O–H groups in total. The van der Waals surface area contributed by atoms with Crippen LogP contribution in [0.1, 0.15) is 21.5 Å². The average molecular weight is 419 g/mol. The molecule has 0 spiro atoms. The lowest BCUT2D eigenvalue weighted by atomic mass is 10.1. The molecule has 0 aliphatic carbocycles. The molecule has 6 heteroatoms. The first-order valence-electron chi connectivity index (χ1n) is 9.42. The molecule has 0 fully saturated rings. The number of carbonyl (C=O) groups excluding carboxylic acids is 2. The highest BCUT2D eigenvalue weighted by molar-refractivity contribution is 6.30. The van der Waals surface area contributed by atoms with Crippen LogP contribution in [0.3, 0.4) is 0 Å². The molecule has 2 amide bonds. The third-order valence-corrected chi connectivity index (χ3v) is 5.04. The van der Waals surface area contributed by atoms with Crippen molar-refractivity contribution in [1.82, 2.24) is 5.32 Å². The van der Waals surface area contributed by atoms with Crippen LogP contribution in [-0.4, -0.2) is 18.9 Å². The summed E-state index contributed by atoms with van der Waals surface area (Å²) in [5, 5.41) is 3.23. The number of hydrogen-bond donors (Lipinski definition) is 1. The summed E-state index contributed by atoms with van der Waals surface area (Å²) in [6.45, 7) is 0.392. The second kappa shape index (κ2) is 8.43. The van der Waals surface area contributed by atoms with Crippen LogP contribution in [-0.2, 0) is 11.3 Å². The van der Waals surface area contributed by atoms with E-state index in [-0.39, 0.29) is 17.6 Å². The number of carbonyl (C=O) groups is 2. The SMILES string of the molecule is CNC(=O)c1ccc(/C=C2\Oc3ccccc3N(Cc3ccc(Cl)cc3)C2=O)cc1. The number of amides is 2. The summed E-state index contributed by atoms with van der Waals surface area (Å²) >= 11 is 5.98. The summed E-state index contributed by atoms with van der Waals surface area (Å²) in [6, 6.07) is 21.8. The molecular formula is C24H19ClN2O3. The van der Waals surface area contributed by atoms with E-state index in [9.17, 15) is 9.59 Å². The molecule has 0 aromatic heterocycles. The van der Waals surface area contributed by atoms with Crippen LogP contribution in [0.5, 0.6) is 5.75 Å². The van der Waals surface area contributed by atoms with Gasteiger partial charge in [0.25, 0.3) is 11.8 Å². The van der Waals surface area contributed by atoms with Crippen LogP contribution in [0.2, 0.25) is 5.02 Å². The number of anilines is 1. The van der Waals surface area contributed by atoms with Gasteiger partial charge in [-0.2, -0.15) is 0 Å². The quantitative estimate of drug-likeness (QED) is 0.626. The fourth-order valence-corrected chi connectivity index (χ4v) is 3.34. The number of nitrogens with zero attached hydrogens (tertiary/aromatic N) is 1. The highest BCUT2D eigenvalue weighted by Gasteiger charge is 2.30. The molecule has 4 rings (SSSR count). The van der Waals surface area contributed by atoms with Crippen molar-refractivity contribution in [2.45, 2.75) is 6.54 Å². The van der Waals surface area contributed by atoms with Crippen molar-refractivity contribution in [1.29, 1.82) is 0 Å². The highest BCUT2D eigenvalue weighted by Crippen LogP contribution is 2.36. The summed E-state index contributed by atoms with van der Waals surface area (Å²) in [4.78, 5) is 26.6. The Bertz CT molecular complexity index is 1120. The Kier molecular flexibility index (Phi) is 5.55. The second-order valence-electron chi connectivity index (χ2n) is 6.80. The Morgan fingerprint density at radius 3 is 2.43 bits per heavy atom. The van der Waals surface area contributed by atoms with Crippen LogP contribution in [0.15, 0.2) is 78.6 Å². The van der Waals surface area contributed by atoms with Crippen LogP contribution in [0, 0.1) is 0 Å². The molecule has 1 aliphatic heterocycles. The van der Waals surface area contributed by atoms with E-state index in [2.05, 4.69) is 5.32 Å². The monoisotopic (exact) mass is 418 g/mol. The lowest BCUT2D eigenvalue weighted by molar-refractivity contribution is -0.117. The smallest absolute Gasteiger partial charge is 0.294 e. The van der Waals surface area contributed by atoms with E-state index in [0.717, 1.165) is 11.1 Å². The van der Waals surface area contributed by atoms with E-state index < -0.39 is 0 Å². The maximum absolute atomic E-state index is 13.2. The maximum atomic E-state index is 13.2. The summed E-state index contributed by atoms with van der Waals surface area (Å²) in [5.41, 5.74) is 2.98. The van der Waals surface area contributed by atoms with Gasteiger partial charge in [-0.3, -0.25) is 14.5 Å². The number of rotatable bonds is 4. The topological polar surface area (TPSA) is 58.6 Å². The van der Waals surface area contributed by atoms with Gasteiger partial charge in [0.05, 0.1) is 12.2 Å². The van der Waals surface area contributed by atoms with E-state index >= 15 is 0 Å². The Balaban J connectivity index is 1.66. The number of fused-ring (bicyclic) bond motifs is 1. The minimum atomic E-state index is -0.237. The molecule has 0 saturated heterocycles. The number of benzene rings is 3. The number of nitrogens with one attached hydrogen (secondary N) is 1. The predicted molar refractivity (Wildman–Crippen MR) is 118 cm³/mol. The van der Waals surface area contributed by atoms with E-state index in [1.165, 1.54) is 0 Å². The molecule has 0 unspecified atom stereocenters. The standard InChI is InChI=1S/C24H19ClN2O3/c1-26-23(28)18-10-6-16(7-11-18)14-22-24(29)27(15-17-8-12-19(25)13-9-17)20-4-2-3-5-21(20)30-22/h2-14H,15H2,1H3,(H,26,28)/b22-14-. The van der Waals surface area contributed by atoms with Crippen molar-refractivity contribution >= 4 is 35.2 Å².